The summed E-state index contributed by atoms with van der Waals surface area (Å²) < 4.78 is 19.8. The lowest BCUT2D eigenvalue weighted by Gasteiger charge is -2.06. The summed E-state index contributed by atoms with van der Waals surface area (Å²) in [4.78, 5) is 24.0. The van der Waals surface area contributed by atoms with Crippen LogP contribution in [-0.4, -0.2) is 22.9 Å². The van der Waals surface area contributed by atoms with Crippen LogP contribution in [0.25, 0.3) is 0 Å². The molecule has 0 saturated carbocycles. The Bertz CT molecular complexity index is 752. The normalized spacial score (nSPS) is 10.6. The lowest BCUT2D eigenvalue weighted by atomic mass is 10.1. The minimum absolute atomic E-state index is 0.0248. The molecule has 0 saturated heterocycles. The van der Waals surface area contributed by atoms with Crippen molar-refractivity contribution in [1.29, 1.82) is 0 Å². The molecule has 0 unspecified atom stereocenters. The van der Waals surface area contributed by atoms with Crippen molar-refractivity contribution in [3.63, 3.8) is 0 Å². The Labute approximate surface area is 132 Å². The number of halogens is 2. The van der Waals surface area contributed by atoms with Crippen molar-refractivity contribution >= 4 is 23.4 Å². The molecule has 0 bridgehead atoms. The Morgan fingerprint density at radius 1 is 1.23 bits per heavy atom. The molecule has 0 N–H and O–H groups in total. The molecular formula is C16H15ClFNO3. The van der Waals surface area contributed by atoms with E-state index in [0.29, 0.717) is 5.56 Å². The van der Waals surface area contributed by atoms with Crippen LogP contribution < -0.4 is 0 Å². The summed E-state index contributed by atoms with van der Waals surface area (Å²) in [7, 11) is 1.85. The van der Waals surface area contributed by atoms with Gasteiger partial charge in [0.25, 0.3) is 0 Å². The highest BCUT2D eigenvalue weighted by atomic mass is 35.5. The third-order valence-electron chi connectivity index (χ3n) is 3.56. The van der Waals surface area contributed by atoms with Crippen LogP contribution in [-0.2, 0) is 11.8 Å². The maximum Gasteiger partial charge on any atom is 0.340 e. The molecule has 22 heavy (non-hydrogen) atoms. The maximum atomic E-state index is 12.9. The molecule has 4 nitrogen and oxygen atoms in total. The molecule has 0 aliphatic heterocycles. The Balaban J connectivity index is 2.07. The lowest BCUT2D eigenvalue weighted by molar-refractivity contribution is 0.0474. The van der Waals surface area contributed by atoms with E-state index in [0.717, 1.165) is 23.5 Å². The molecule has 0 fully saturated rings. The zero-order valence-electron chi connectivity index (χ0n) is 12.4. The van der Waals surface area contributed by atoms with E-state index in [1.807, 2.05) is 25.5 Å². The van der Waals surface area contributed by atoms with Crippen LogP contribution in [0.1, 0.15) is 32.1 Å². The van der Waals surface area contributed by atoms with Crippen molar-refractivity contribution in [2.75, 3.05) is 6.61 Å². The summed E-state index contributed by atoms with van der Waals surface area (Å²) in [5, 5.41) is -0.0517. The third-order valence-corrected chi connectivity index (χ3v) is 3.87. The molecule has 1 aromatic carbocycles. The van der Waals surface area contributed by atoms with Crippen molar-refractivity contribution < 1.29 is 18.7 Å². The first-order valence-electron chi connectivity index (χ1n) is 6.59. The maximum absolute atomic E-state index is 12.9. The van der Waals surface area contributed by atoms with E-state index in [9.17, 15) is 14.0 Å². The quantitative estimate of drug-likeness (QED) is 0.639. The number of Topliss-reactive ketones (excluding diaryl/α,β-unsaturated/α-hetero) is 1. The van der Waals surface area contributed by atoms with Gasteiger partial charge in [0.1, 0.15) is 5.82 Å². The van der Waals surface area contributed by atoms with Gasteiger partial charge >= 0.3 is 5.97 Å². The van der Waals surface area contributed by atoms with E-state index in [1.54, 1.807) is 6.07 Å². The SMILES string of the molecule is Cc1cc(C(=O)COC(=O)c2ccc(F)cc2Cl)c(C)n1C. The Hall–Kier alpha value is -2.14. The van der Waals surface area contributed by atoms with Crippen molar-refractivity contribution in [2.24, 2.45) is 7.05 Å². The number of rotatable bonds is 4. The van der Waals surface area contributed by atoms with Crippen LogP contribution in [0.5, 0.6) is 0 Å². The highest BCUT2D eigenvalue weighted by Gasteiger charge is 2.18. The molecule has 0 aliphatic rings. The number of aryl methyl sites for hydroxylation is 1. The second kappa shape index (κ2) is 6.32. The Morgan fingerprint density at radius 2 is 1.91 bits per heavy atom. The molecule has 2 rings (SSSR count). The summed E-state index contributed by atoms with van der Waals surface area (Å²) >= 11 is 5.78. The van der Waals surface area contributed by atoms with Gasteiger partial charge in [-0.2, -0.15) is 0 Å². The number of hydrogen-bond donors (Lipinski definition) is 0. The number of benzene rings is 1. The first-order chi connectivity index (χ1) is 10.3. The average molecular weight is 324 g/mol. The van der Waals surface area contributed by atoms with Gasteiger partial charge in [-0.25, -0.2) is 9.18 Å². The van der Waals surface area contributed by atoms with E-state index in [-0.39, 0.29) is 16.4 Å². The zero-order chi connectivity index (χ0) is 16.4. The molecule has 0 radical (unpaired) electrons. The summed E-state index contributed by atoms with van der Waals surface area (Å²) in [5.74, 6) is -1.61. The van der Waals surface area contributed by atoms with Crippen molar-refractivity contribution in [3.8, 4) is 0 Å². The average Bonchev–Trinajstić information content (AvgIpc) is 2.72. The minimum Gasteiger partial charge on any atom is -0.454 e. The fourth-order valence-corrected chi connectivity index (χ4v) is 2.32. The van der Waals surface area contributed by atoms with E-state index in [2.05, 4.69) is 0 Å². The number of ketones is 1. The van der Waals surface area contributed by atoms with E-state index in [1.165, 1.54) is 6.07 Å². The summed E-state index contributed by atoms with van der Waals surface area (Å²) in [6, 6.07) is 5.10. The molecule has 0 amide bonds. The monoisotopic (exact) mass is 323 g/mol. The van der Waals surface area contributed by atoms with Crippen LogP contribution in [0.4, 0.5) is 4.39 Å². The summed E-state index contributed by atoms with van der Waals surface area (Å²) in [6.07, 6.45) is 0. The van der Waals surface area contributed by atoms with E-state index < -0.39 is 18.4 Å². The van der Waals surface area contributed by atoms with Crippen LogP contribution in [0.15, 0.2) is 24.3 Å². The predicted molar refractivity (Wildman–Crippen MR) is 80.9 cm³/mol. The fraction of sp³-hybridized carbons (Fsp3) is 0.250. The van der Waals surface area contributed by atoms with Gasteiger partial charge in [-0.1, -0.05) is 11.6 Å². The number of carbonyl (C=O) groups is 2. The van der Waals surface area contributed by atoms with Gasteiger partial charge in [0.15, 0.2) is 6.61 Å². The second-order valence-electron chi connectivity index (χ2n) is 4.97. The van der Waals surface area contributed by atoms with Gasteiger partial charge in [0.2, 0.25) is 5.78 Å². The summed E-state index contributed by atoms with van der Waals surface area (Å²) in [5.41, 5.74) is 2.28. The molecule has 6 heteroatoms. The number of carbonyl (C=O) groups excluding carboxylic acids is 2. The first kappa shape index (κ1) is 16.2. The number of esters is 1. The molecule has 0 spiro atoms. The molecule has 2 aromatic rings. The van der Waals surface area contributed by atoms with Crippen LogP contribution in [0, 0.1) is 19.7 Å². The van der Waals surface area contributed by atoms with Crippen LogP contribution in [0.2, 0.25) is 5.02 Å². The molecule has 1 heterocycles. The Kier molecular flexibility index (Phi) is 4.66. The number of hydrogen-bond acceptors (Lipinski definition) is 3. The number of nitrogens with zero attached hydrogens (tertiary/aromatic N) is 1. The van der Waals surface area contributed by atoms with E-state index in [4.69, 9.17) is 16.3 Å². The molecular weight excluding hydrogens is 309 g/mol. The number of ether oxygens (including phenoxy) is 1. The van der Waals surface area contributed by atoms with Gasteiger partial charge in [-0.3, -0.25) is 4.79 Å². The van der Waals surface area contributed by atoms with Gasteiger partial charge in [-0.05, 0) is 38.1 Å². The van der Waals surface area contributed by atoms with Gasteiger partial charge < -0.3 is 9.30 Å². The molecule has 0 atom stereocenters. The van der Waals surface area contributed by atoms with Gasteiger partial charge in [-0.15, -0.1) is 0 Å². The molecule has 0 aliphatic carbocycles. The third kappa shape index (κ3) is 3.20. The minimum atomic E-state index is -0.761. The smallest absolute Gasteiger partial charge is 0.340 e. The van der Waals surface area contributed by atoms with Gasteiger partial charge in [0, 0.05) is 24.0 Å². The Morgan fingerprint density at radius 3 is 2.45 bits per heavy atom. The van der Waals surface area contributed by atoms with Crippen molar-refractivity contribution in [3.05, 3.63) is 57.6 Å². The highest BCUT2D eigenvalue weighted by Crippen LogP contribution is 2.19. The lowest BCUT2D eigenvalue weighted by Crippen LogP contribution is -2.15. The van der Waals surface area contributed by atoms with Gasteiger partial charge in [0.05, 0.1) is 10.6 Å². The van der Waals surface area contributed by atoms with Crippen molar-refractivity contribution in [1.82, 2.24) is 4.57 Å². The molecule has 116 valence electrons. The summed E-state index contributed by atoms with van der Waals surface area (Å²) in [6.45, 7) is 3.31. The molecule has 1 aromatic heterocycles. The highest BCUT2D eigenvalue weighted by molar-refractivity contribution is 6.33. The second-order valence-corrected chi connectivity index (χ2v) is 5.37. The van der Waals surface area contributed by atoms with Crippen LogP contribution >= 0.6 is 11.6 Å². The fourth-order valence-electron chi connectivity index (χ4n) is 2.08. The predicted octanol–water partition coefficient (Wildman–Crippen LogP) is 3.47. The topological polar surface area (TPSA) is 48.3 Å². The first-order valence-corrected chi connectivity index (χ1v) is 6.97. The standard InChI is InChI=1S/C16H15ClFNO3/c1-9-6-13(10(2)19(9)3)15(20)8-22-16(21)12-5-4-11(18)7-14(12)17/h4-7H,8H2,1-3H3. The largest absolute Gasteiger partial charge is 0.454 e. The number of aromatic nitrogens is 1. The van der Waals surface area contributed by atoms with E-state index >= 15 is 0 Å². The van der Waals surface area contributed by atoms with Crippen LogP contribution in [0.3, 0.4) is 0 Å². The zero-order valence-corrected chi connectivity index (χ0v) is 13.2. The van der Waals surface area contributed by atoms with Crippen molar-refractivity contribution in [2.45, 2.75) is 13.8 Å².